The van der Waals surface area contributed by atoms with E-state index in [1.165, 1.54) is 6.07 Å². The third kappa shape index (κ3) is 3.94. The Balaban J connectivity index is 1.92. The lowest BCUT2D eigenvalue weighted by Crippen LogP contribution is -2.32. The summed E-state index contributed by atoms with van der Waals surface area (Å²) in [7, 11) is 3.58. The lowest BCUT2D eigenvalue weighted by molar-refractivity contribution is 0.0761. The van der Waals surface area contributed by atoms with Crippen molar-refractivity contribution in [2.45, 2.75) is 38.7 Å². The summed E-state index contributed by atoms with van der Waals surface area (Å²) >= 11 is 0. The second kappa shape index (κ2) is 6.89. The van der Waals surface area contributed by atoms with E-state index in [2.05, 4.69) is 0 Å². The fourth-order valence-electron chi connectivity index (χ4n) is 2.62. The van der Waals surface area contributed by atoms with Crippen molar-refractivity contribution in [1.29, 1.82) is 0 Å². The van der Waals surface area contributed by atoms with Gasteiger partial charge in [0.25, 0.3) is 5.91 Å². The molecule has 0 unspecified atom stereocenters. The van der Waals surface area contributed by atoms with Crippen molar-refractivity contribution in [3.8, 4) is 0 Å². The smallest absolute Gasteiger partial charge is 0.259 e. The Morgan fingerprint density at radius 2 is 2.29 bits per heavy atom. The molecule has 0 saturated carbocycles. The summed E-state index contributed by atoms with van der Waals surface area (Å²) < 4.78 is 7.37. The molecule has 1 saturated heterocycles. The molecule has 5 nitrogen and oxygen atoms in total. The van der Waals surface area contributed by atoms with E-state index in [9.17, 15) is 9.59 Å². The van der Waals surface area contributed by atoms with Gasteiger partial charge in [-0.05, 0) is 32.6 Å². The van der Waals surface area contributed by atoms with E-state index in [4.69, 9.17) is 4.74 Å². The summed E-state index contributed by atoms with van der Waals surface area (Å²) in [5.74, 6) is -0.206. The third-order valence-electron chi connectivity index (χ3n) is 4.11. The van der Waals surface area contributed by atoms with Crippen molar-refractivity contribution in [2.24, 2.45) is 7.05 Å². The first kappa shape index (κ1) is 15.8. The molecular formula is C16H24N2O3. The lowest BCUT2D eigenvalue weighted by atomic mass is 10.1. The minimum Gasteiger partial charge on any atom is -0.378 e. The Hall–Kier alpha value is -1.62. The molecular weight excluding hydrogens is 268 g/mol. The van der Waals surface area contributed by atoms with Crippen LogP contribution in [0.5, 0.6) is 0 Å². The molecule has 1 amide bonds. The van der Waals surface area contributed by atoms with Crippen LogP contribution in [0, 0.1) is 6.92 Å². The minimum absolute atomic E-state index is 0.206. The predicted octanol–water partition coefficient (Wildman–Crippen LogP) is 1.72. The van der Waals surface area contributed by atoms with Crippen LogP contribution in [0.15, 0.2) is 17.1 Å². The Morgan fingerprint density at radius 3 is 2.95 bits per heavy atom. The first-order chi connectivity index (χ1) is 9.99. The molecule has 0 radical (unpaired) electrons. The minimum atomic E-state index is -0.207. The number of hydrogen-bond acceptors (Lipinski definition) is 3. The maximum atomic E-state index is 12.3. The van der Waals surface area contributed by atoms with E-state index < -0.39 is 0 Å². The number of aromatic nitrogens is 1. The molecule has 1 aliphatic heterocycles. The van der Waals surface area contributed by atoms with Gasteiger partial charge in [0, 0.05) is 45.2 Å². The number of hydrogen-bond donors (Lipinski definition) is 0. The van der Waals surface area contributed by atoms with Crippen LogP contribution in [0.1, 0.15) is 41.7 Å². The molecule has 1 aromatic heterocycles. The molecule has 1 atom stereocenters. The van der Waals surface area contributed by atoms with Gasteiger partial charge in [-0.15, -0.1) is 0 Å². The van der Waals surface area contributed by atoms with Crippen LogP contribution in [0.3, 0.4) is 0 Å². The predicted molar refractivity (Wildman–Crippen MR) is 81.6 cm³/mol. The van der Waals surface area contributed by atoms with Crippen molar-refractivity contribution in [2.75, 3.05) is 20.2 Å². The fourth-order valence-corrected chi connectivity index (χ4v) is 2.62. The summed E-state index contributed by atoms with van der Waals surface area (Å²) in [6.07, 6.45) is 6.11. The Morgan fingerprint density at radius 1 is 1.52 bits per heavy atom. The van der Waals surface area contributed by atoms with E-state index in [1.807, 2.05) is 14.0 Å². The van der Waals surface area contributed by atoms with E-state index in [-0.39, 0.29) is 16.9 Å². The molecule has 21 heavy (non-hydrogen) atoms. The van der Waals surface area contributed by atoms with Gasteiger partial charge in [0.15, 0.2) is 5.43 Å². The zero-order valence-corrected chi connectivity index (χ0v) is 13.1. The fraction of sp³-hybridized carbons (Fsp3) is 0.625. The van der Waals surface area contributed by atoms with Crippen LogP contribution < -0.4 is 5.43 Å². The number of aryl methyl sites for hydroxylation is 2. The van der Waals surface area contributed by atoms with Gasteiger partial charge >= 0.3 is 0 Å². The van der Waals surface area contributed by atoms with Crippen molar-refractivity contribution >= 4 is 5.91 Å². The molecule has 2 rings (SSSR count). The number of carbonyl (C=O) groups is 1. The average molecular weight is 292 g/mol. The van der Waals surface area contributed by atoms with Crippen LogP contribution in [-0.2, 0) is 11.8 Å². The molecule has 116 valence electrons. The number of ether oxygens (including phenoxy) is 1. The maximum absolute atomic E-state index is 12.3. The highest BCUT2D eigenvalue weighted by Crippen LogP contribution is 2.17. The largest absolute Gasteiger partial charge is 0.378 e. The lowest BCUT2D eigenvalue weighted by Gasteiger charge is -2.18. The zero-order chi connectivity index (χ0) is 15.4. The Bertz CT molecular complexity index is 559. The number of pyridine rings is 1. The van der Waals surface area contributed by atoms with E-state index in [1.54, 1.807) is 22.7 Å². The first-order valence-corrected chi connectivity index (χ1v) is 7.53. The molecule has 1 aromatic rings. The second-order valence-corrected chi connectivity index (χ2v) is 5.81. The highest BCUT2D eigenvalue weighted by Gasteiger charge is 2.18. The van der Waals surface area contributed by atoms with Crippen LogP contribution in [0.4, 0.5) is 0 Å². The van der Waals surface area contributed by atoms with Gasteiger partial charge in [-0.25, -0.2) is 0 Å². The van der Waals surface area contributed by atoms with E-state index in [0.717, 1.165) is 38.0 Å². The second-order valence-electron chi connectivity index (χ2n) is 5.81. The molecule has 1 fully saturated rings. The van der Waals surface area contributed by atoms with Crippen LogP contribution in [0.2, 0.25) is 0 Å². The van der Waals surface area contributed by atoms with Crippen molar-refractivity contribution < 1.29 is 9.53 Å². The van der Waals surface area contributed by atoms with Gasteiger partial charge in [0.05, 0.1) is 6.10 Å². The zero-order valence-electron chi connectivity index (χ0n) is 13.1. The highest BCUT2D eigenvalue weighted by atomic mass is 16.5. The SMILES string of the molecule is Cc1cc(=O)c(C(=O)N(C)CCC[C@H]2CCCO2)cn1C. The third-order valence-corrected chi connectivity index (χ3v) is 4.11. The summed E-state index contributed by atoms with van der Waals surface area (Å²) in [6, 6.07) is 1.51. The average Bonchev–Trinajstić information content (AvgIpc) is 2.95. The van der Waals surface area contributed by atoms with Crippen molar-refractivity contribution in [3.63, 3.8) is 0 Å². The van der Waals surface area contributed by atoms with Gasteiger partial charge < -0.3 is 14.2 Å². The summed E-state index contributed by atoms with van der Waals surface area (Å²) in [5, 5.41) is 0. The van der Waals surface area contributed by atoms with Gasteiger partial charge in [-0.1, -0.05) is 0 Å². The van der Waals surface area contributed by atoms with Gasteiger partial charge in [0.2, 0.25) is 0 Å². The summed E-state index contributed by atoms with van der Waals surface area (Å²) in [4.78, 5) is 25.9. The van der Waals surface area contributed by atoms with Crippen LogP contribution in [0.25, 0.3) is 0 Å². The molecule has 0 aromatic carbocycles. The monoisotopic (exact) mass is 292 g/mol. The number of rotatable bonds is 5. The molecule has 0 bridgehead atoms. The number of amides is 1. The molecule has 2 heterocycles. The highest BCUT2D eigenvalue weighted by molar-refractivity contribution is 5.93. The van der Waals surface area contributed by atoms with E-state index >= 15 is 0 Å². The first-order valence-electron chi connectivity index (χ1n) is 7.53. The number of carbonyl (C=O) groups excluding carboxylic acids is 1. The molecule has 1 aliphatic rings. The summed E-state index contributed by atoms with van der Waals surface area (Å²) in [6.45, 7) is 3.36. The topological polar surface area (TPSA) is 51.5 Å². The summed E-state index contributed by atoms with van der Waals surface area (Å²) in [5.41, 5.74) is 0.877. The van der Waals surface area contributed by atoms with Gasteiger partial charge in [-0.3, -0.25) is 9.59 Å². The number of nitrogens with zero attached hydrogens (tertiary/aromatic N) is 2. The maximum Gasteiger partial charge on any atom is 0.259 e. The Labute approximate surface area is 125 Å². The van der Waals surface area contributed by atoms with E-state index in [0.29, 0.717) is 12.6 Å². The van der Waals surface area contributed by atoms with Gasteiger partial charge in [-0.2, -0.15) is 0 Å². The standard InChI is InChI=1S/C16H24N2O3/c1-12-10-15(19)14(11-18(12)3)16(20)17(2)8-4-6-13-7-5-9-21-13/h10-11,13H,4-9H2,1-3H3/t13-/m0/s1. The molecule has 0 N–H and O–H groups in total. The molecule has 0 aliphatic carbocycles. The van der Waals surface area contributed by atoms with Crippen molar-refractivity contribution in [3.05, 3.63) is 33.7 Å². The van der Waals surface area contributed by atoms with Crippen molar-refractivity contribution in [1.82, 2.24) is 9.47 Å². The molecule has 5 heteroatoms. The van der Waals surface area contributed by atoms with Crippen LogP contribution in [-0.4, -0.2) is 41.7 Å². The Kier molecular flexibility index (Phi) is 5.17. The molecule has 0 spiro atoms. The van der Waals surface area contributed by atoms with Gasteiger partial charge in [0.1, 0.15) is 5.56 Å². The quantitative estimate of drug-likeness (QED) is 0.830. The van der Waals surface area contributed by atoms with Crippen LogP contribution >= 0.6 is 0 Å². The normalized spacial score (nSPS) is 18.0.